The topological polar surface area (TPSA) is 52.7 Å². The lowest BCUT2D eigenvalue weighted by Crippen LogP contribution is -2.57. The third-order valence-corrected chi connectivity index (χ3v) is 5.49. The van der Waals surface area contributed by atoms with Gasteiger partial charge in [-0.3, -0.25) is 9.59 Å². The summed E-state index contributed by atoms with van der Waals surface area (Å²) in [7, 11) is 2.08. The van der Waals surface area contributed by atoms with Crippen LogP contribution in [-0.2, 0) is 16.0 Å². The average Bonchev–Trinajstić information content (AvgIpc) is 2.59. The van der Waals surface area contributed by atoms with Crippen LogP contribution in [0.3, 0.4) is 0 Å². The molecule has 2 aliphatic rings. The summed E-state index contributed by atoms with van der Waals surface area (Å²) in [6, 6.07) is 6.46. The standard InChI is InChI=1S/C20H28FN3O2/c1-23-11-8-16(9-12-23)20(26)24-13-17(14-24)19(25)22-10-2-3-15-4-6-18(21)7-5-15/h4-7,16-17H,2-3,8-14H2,1H3,(H,22,25). The molecule has 1 N–H and O–H groups in total. The largest absolute Gasteiger partial charge is 0.356 e. The molecule has 5 nitrogen and oxygen atoms in total. The summed E-state index contributed by atoms with van der Waals surface area (Å²) >= 11 is 0. The molecule has 26 heavy (non-hydrogen) atoms. The highest BCUT2D eigenvalue weighted by atomic mass is 19.1. The number of nitrogens with zero attached hydrogens (tertiary/aromatic N) is 2. The molecule has 0 radical (unpaired) electrons. The Balaban J connectivity index is 1.31. The summed E-state index contributed by atoms with van der Waals surface area (Å²) < 4.78 is 12.9. The molecule has 142 valence electrons. The molecule has 0 saturated carbocycles. The molecule has 2 saturated heterocycles. The first-order valence-electron chi connectivity index (χ1n) is 9.52. The van der Waals surface area contributed by atoms with Crippen molar-refractivity contribution in [1.29, 1.82) is 0 Å². The summed E-state index contributed by atoms with van der Waals surface area (Å²) in [6.45, 7) is 3.66. The van der Waals surface area contributed by atoms with Crippen molar-refractivity contribution < 1.29 is 14.0 Å². The molecule has 2 heterocycles. The SMILES string of the molecule is CN1CCC(C(=O)N2CC(C(=O)NCCCc3ccc(F)cc3)C2)CC1. The number of aryl methyl sites for hydroxylation is 1. The van der Waals surface area contributed by atoms with E-state index in [4.69, 9.17) is 0 Å². The number of rotatable bonds is 6. The van der Waals surface area contributed by atoms with Gasteiger partial charge in [0, 0.05) is 25.6 Å². The Morgan fingerprint density at radius 2 is 1.77 bits per heavy atom. The van der Waals surface area contributed by atoms with Crippen LogP contribution in [-0.4, -0.2) is 61.4 Å². The van der Waals surface area contributed by atoms with Crippen LogP contribution >= 0.6 is 0 Å². The van der Waals surface area contributed by atoms with E-state index in [9.17, 15) is 14.0 Å². The van der Waals surface area contributed by atoms with E-state index in [1.54, 1.807) is 12.1 Å². The van der Waals surface area contributed by atoms with Crippen LogP contribution in [0.5, 0.6) is 0 Å². The Morgan fingerprint density at radius 3 is 2.42 bits per heavy atom. The van der Waals surface area contributed by atoms with Gasteiger partial charge >= 0.3 is 0 Å². The van der Waals surface area contributed by atoms with Crippen molar-refractivity contribution >= 4 is 11.8 Å². The highest BCUT2D eigenvalue weighted by Gasteiger charge is 2.38. The van der Waals surface area contributed by atoms with Gasteiger partial charge in [-0.1, -0.05) is 12.1 Å². The quantitative estimate of drug-likeness (QED) is 0.785. The molecule has 0 spiro atoms. The van der Waals surface area contributed by atoms with Gasteiger partial charge < -0.3 is 15.1 Å². The monoisotopic (exact) mass is 361 g/mol. The van der Waals surface area contributed by atoms with Gasteiger partial charge in [0.2, 0.25) is 11.8 Å². The molecule has 3 rings (SSSR count). The Labute approximate surface area is 154 Å². The maximum atomic E-state index is 12.9. The molecular formula is C20H28FN3O2. The van der Waals surface area contributed by atoms with E-state index in [0.717, 1.165) is 44.3 Å². The van der Waals surface area contributed by atoms with Crippen LogP contribution in [0.15, 0.2) is 24.3 Å². The second kappa shape index (κ2) is 8.62. The minimum Gasteiger partial charge on any atom is -0.356 e. The molecule has 6 heteroatoms. The lowest BCUT2D eigenvalue weighted by molar-refractivity contribution is -0.147. The number of benzene rings is 1. The van der Waals surface area contributed by atoms with E-state index in [2.05, 4.69) is 17.3 Å². The van der Waals surface area contributed by atoms with E-state index < -0.39 is 0 Å². The highest BCUT2D eigenvalue weighted by molar-refractivity contribution is 5.85. The lowest BCUT2D eigenvalue weighted by atomic mass is 9.91. The van der Waals surface area contributed by atoms with Gasteiger partial charge in [0.1, 0.15) is 5.82 Å². The summed E-state index contributed by atoms with van der Waals surface area (Å²) in [4.78, 5) is 28.7. The van der Waals surface area contributed by atoms with Gasteiger partial charge in [-0.15, -0.1) is 0 Å². The van der Waals surface area contributed by atoms with Crippen LogP contribution in [0.25, 0.3) is 0 Å². The van der Waals surface area contributed by atoms with Crippen molar-refractivity contribution in [2.75, 3.05) is 39.8 Å². The maximum Gasteiger partial charge on any atom is 0.226 e. The lowest BCUT2D eigenvalue weighted by Gasteiger charge is -2.41. The second-order valence-electron chi connectivity index (χ2n) is 7.54. The molecule has 1 aromatic rings. The summed E-state index contributed by atoms with van der Waals surface area (Å²) in [5, 5.41) is 2.95. The Bertz CT molecular complexity index is 620. The first kappa shape index (κ1) is 18.8. The molecule has 2 fully saturated rings. The summed E-state index contributed by atoms with van der Waals surface area (Å²) in [6.07, 6.45) is 3.48. The van der Waals surface area contributed by atoms with E-state index in [1.165, 1.54) is 12.1 Å². The zero-order valence-electron chi connectivity index (χ0n) is 15.4. The Kier molecular flexibility index (Phi) is 6.25. The fourth-order valence-electron chi connectivity index (χ4n) is 3.64. The normalized spacial score (nSPS) is 19.2. The average molecular weight is 361 g/mol. The van der Waals surface area contributed by atoms with Crippen molar-refractivity contribution in [3.8, 4) is 0 Å². The number of hydrogen-bond acceptors (Lipinski definition) is 3. The summed E-state index contributed by atoms with van der Waals surface area (Å²) in [5.74, 6) is 0.0864. The number of hydrogen-bond donors (Lipinski definition) is 1. The third-order valence-electron chi connectivity index (χ3n) is 5.49. The molecular weight excluding hydrogens is 333 g/mol. The minimum atomic E-state index is -0.230. The van der Waals surface area contributed by atoms with Gasteiger partial charge in [0.25, 0.3) is 0 Å². The molecule has 2 aliphatic heterocycles. The fourth-order valence-corrected chi connectivity index (χ4v) is 3.64. The van der Waals surface area contributed by atoms with Gasteiger partial charge in [0.05, 0.1) is 5.92 Å². The summed E-state index contributed by atoms with van der Waals surface area (Å²) in [5.41, 5.74) is 1.07. The zero-order chi connectivity index (χ0) is 18.5. The van der Waals surface area contributed by atoms with Crippen LogP contribution in [0, 0.1) is 17.7 Å². The van der Waals surface area contributed by atoms with Crippen LogP contribution in [0.2, 0.25) is 0 Å². The highest BCUT2D eigenvalue weighted by Crippen LogP contribution is 2.24. The van der Waals surface area contributed by atoms with Crippen LogP contribution in [0.4, 0.5) is 4.39 Å². The number of nitrogens with one attached hydrogen (secondary N) is 1. The van der Waals surface area contributed by atoms with Crippen molar-refractivity contribution in [3.63, 3.8) is 0 Å². The predicted octanol–water partition coefficient (Wildman–Crippen LogP) is 1.67. The number of amides is 2. The van der Waals surface area contributed by atoms with Gasteiger partial charge in [-0.25, -0.2) is 4.39 Å². The minimum absolute atomic E-state index is 0.0385. The van der Waals surface area contributed by atoms with E-state index in [0.29, 0.717) is 19.6 Å². The second-order valence-corrected chi connectivity index (χ2v) is 7.54. The zero-order valence-corrected chi connectivity index (χ0v) is 15.4. The van der Waals surface area contributed by atoms with Crippen LogP contribution < -0.4 is 5.32 Å². The maximum absolute atomic E-state index is 12.9. The van der Waals surface area contributed by atoms with E-state index >= 15 is 0 Å². The smallest absolute Gasteiger partial charge is 0.226 e. The first-order valence-corrected chi connectivity index (χ1v) is 9.52. The van der Waals surface area contributed by atoms with Gasteiger partial charge in [-0.05, 0) is 63.5 Å². The molecule has 0 unspecified atom stereocenters. The van der Waals surface area contributed by atoms with Gasteiger partial charge in [0.15, 0.2) is 0 Å². The van der Waals surface area contributed by atoms with Gasteiger partial charge in [-0.2, -0.15) is 0 Å². The number of halogens is 1. The molecule has 0 aliphatic carbocycles. The van der Waals surface area contributed by atoms with Crippen molar-refractivity contribution in [2.45, 2.75) is 25.7 Å². The number of carbonyl (C=O) groups excluding carboxylic acids is 2. The third kappa shape index (κ3) is 4.81. The fraction of sp³-hybridized carbons (Fsp3) is 0.600. The molecule has 2 amide bonds. The Hall–Kier alpha value is -1.95. The Morgan fingerprint density at radius 1 is 1.12 bits per heavy atom. The van der Waals surface area contributed by atoms with Crippen molar-refractivity contribution in [3.05, 3.63) is 35.6 Å². The van der Waals surface area contributed by atoms with E-state index in [-0.39, 0.29) is 29.5 Å². The van der Waals surface area contributed by atoms with E-state index in [1.807, 2.05) is 4.90 Å². The number of piperidine rings is 1. The number of carbonyl (C=O) groups is 2. The van der Waals surface area contributed by atoms with Crippen molar-refractivity contribution in [2.24, 2.45) is 11.8 Å². The first-order chi connectivity index (χ1) is 12.5. The van der Waals surface area contributed by atoms with Crippen LogP contribution in [0.1, 0.15) is 24.8 Å². The number of likely N-dealkylation sites (tertiary alicyclic amines) is 2. The van der Waals surface area contributed by atoms with Crippen molar-refractivity contribution in [1.82, 2.24) is 15.1 Å². The predicted molar refractivity (Wildman–Crippen MR) is 98.0 cm³/mol. The molecule has 0 atom stereocenters. The molecule has 1 aromatic carbocycles. The molecule has 0 aromatic heterocycles. The molecule has 0 bridgehead atoms.